The second kappa shape index (κ2) is 7.49. The van der Waals surface area contributed by atoms with Gasteiger partial charge in [0.25, 0.3) is 0 Å². The molecule has 0 aliphatic rings. The van der Waals surface area contributed by atoms with Gasteiger partial charge in [-0.2, -0.15) is 0 Å². The number of allylic oxidation sites excluding steroid dienone is 1. The van der Waals surface area contributed by atoms with Gasteiger partial charge in [-0.1, -0.05) is 54.2 Å². The van der Waals surface area contributed by atoms with Gasteiger partial charge in [0.1, 0.15) is 0 Å². The lowest BCUT2D eigenvalue weighted by Crippen LogP contribution is -2.20. The minimum atomic E-state index is -0.783. The van der Waals surface area contributed by atoms with Crippen molar-refractivity contribution in [2.24, 2.45) is 17.8 Å². The van der Waals surface area contributed by atoms with E-state index in [-0.39, 0.29) is 0 Å². The molecule has 0 N–H and O–H groups in total. The summed E-state index contributed by atoms with van der Waals surface area (Å²) in [5.41, 5.74) is 0. The second-order valence-corrected chi connectivity index (χ2v) is 10.7. The van der Waals surface area contributed by atoms with Crippen molar-refractivity contribution in [3.05, 3.63) is 12.7 Å². The highest BCUT2D eigenvalue weighted by Gasteiger charge is 2.37. The van der Waals surface area contributed by atoms with Gasteiger partial charge in [-0.05, 0) is 17.8 Å². The molecular weight excluding hydrogens is 211 g/mol. The molecule has 0 aromatic rings. The molecule has 0 saturated heterocycles. The van der Waals surface area contributed by atoms with Crippen LogP contribution in [-0.2, 0) is 0 Å². The maximum Gasteiger partial charge on any atom is 0.0771 e. The highest BCUT2D eigenvalue weighted by molar-refractivity contribution is 7.76. The lowest BCUT2D eigenvalue weighted by atomic mass is 10.3. The SMILES string of the molecule is C=CC[P+](CC(C)C)(CC(C)C)CC(C)C. The first kappa shape index (κ1) is 16.2. The minimum absolute atomic E-state index is 0.783. The molecule has 0 aromatic heterocycles. The second-order valence-electron chi connectivity index (χ2n) is 6.54. The van der Waals surface area contributed by atoms with Crippen LogP contribution in [0, 0.1) is 17.8 Å². The van der Waals surface area contributed by atoms with E-state index in [9.17, 15) is 0 Å². The Morgan fingerprint density at radius 3 is 1.31 bits per heavy atom. The zero-order valence-electron chi connectivity index (χ0n) is 12.3. The van der Waals surface area contributed by atoms with Crippen LogP contribution in [-0.4, -0.2) is 24.6 Å². The topological polar surface area (TPSA) is 0 Å². The van der Waals surface area contributed by atoms with Crippen LogP contribution in [0.3, 0.4) is 0 Å². The van der Waals surface area contributed by atoms with E-state index in [1.54, 1.807) is 0 Å². The fraction of sp³-hybridized carbons (Fsp3) is 0.867. The van der Waals surface area contributed by atoms with E-state index in [0.717, 1.165) is 17.8 Å². The van der Waals surface area contributed by atoms with Crippen molar-refractivity contribution in [1.82, 2.24) is 0 Å². The molecular formula is C15H32P+. The summed E-state index contributed by atoms with van der Waals surface area (Å²) >= 11 is 0. The molecule has 0 unspecified atom stereocenters. The molecule has 0 radical (unpaired) electrons. The van der Waals surface area contributed by atoms with E-state index >= 15 is 0 Å². The Labute approximate surface area is 104 Å². The van der Waals surface area contributed by atoms with Gasteiger partial charge in [-0.25, -0.2) is 0 Å². The largest absolute Gasteiger partial charge is 0.0995 e. The summed E-state index contributed by atoms with van der Waals surface area (Å²) in [5, 5.41) is 0. The van der Waals surface area contributed by atoms with E-state index in [1.807, 2.05) is 0 Å². The van der Waals surface area contributed by atoms with Crippen molar-refractivity contribution in [1.29, 1.82) is 0 Å². The van der Waals surface area contributed by atoms with Crippen molar-refractivity contribution >= 4 is 7.26 Å². The molecule has 0 heterocycles. The van der Waals surface area contributed by atoms with E-state index < -0.39 is 7.26 Å². The van der Waals surface area contributed by atoms with Crippen LogP contribution in [0.5, 0.6) is 0 Å². The maximum absolute atomic E-state index is 4.00. The first-order valence-corrected chi connectivity index (χ1v) is 9.30. The summed E-state index contributed by atoms with van der Waals surface area (Å²) in [6, 6.07) is 0. The smallest absolute Gasteiger partial charge is 0.0771 e. The molecule has 1 heteroatoms. The van der Waals surface area contributed by atoms with Gasteiger partial charge < -0.3 is 0 Å². The average molecular weight is 243 g/mol. The van der Waals surface area contributed by atoms with Gasteiger partial charge >= 0.3 is 0 Å². The molecule has 0 amide bonds. The summed E-state index contributed by atoms with van der Waals surface area (Å²) in [6.07, 6.45) is 7.84. The first-order valence-electron chi connectivity index (χ1n) is 6.77. The van der Waals surface area contributed by atoms with Crippen molar-refractivity contribution in [3.63, 3.8) is 0 Å². The molecule has 0 saturated carbocycles. The first-order chi connectivity index (χ1) is 7.31. The van der Waals surface area contributed by atoms with Gasteiger partial charge in [-0.15, -0.1) is 0 Å². The fourth-order valence-corrected chi connectivity index (χ4v) is 9.13. The molecule has 96 valence electrons. The summed E-state index contributed by atoms with van der Waals surface area (Å²) in [6.45, 7) is 18.2. The number of hydrogen-bond donors (Lipinski definition) is 0. The summed E-state index contributed by atoms with van der Waals surface area (Å²) in [5.74, 6) is 2.52. The van der Waals surface area contributed by atoms with Crippen molar-refractivity contribution in [2.75, 3.05) is 24.6 Å². The van der Waals surface area contributed by atoms with Crippen LogP contribution in [0.2, 0.25) is 0 Å². The molecule has 0 aliphatic carbocycles. The van der Waals surface area contributed by atoms with Crippen LogP contribution in [0.1, 0.15) is 41.5 Å². The summed E-state index contributed by atoms with van der Waals surface area (Å²) in [4.78, 5) is 0. The Balaban J connectivity index is 4.79. The van der Waals surface area contributed by atoms with Gasteiger partial charge in [0.05, 0.1) is 24.6 Å². The van der Waals surface area contributed by atoms with Crippen LogP contribution in [0.4, 0.5) is 0 Å². The molecule has 0 nitrogen and oxygen atoms in total. The van der Waals surface area contributed by atoms with Crippen LogP contribution < -0.4 is 0 Å². The Bertz CT molecular complexity index is 165. The van der Waals surface area contributed by atoms with Crippen molar-refractivity contribution in [3.8, 4) is 0 Å². The predicted molar refractivity (Wildman–Crippen MR) is 81.1 cm³/mol. The minimum Gasteiger partial charge on any atom is -0.0995 e. The standard InChI is InChI=1S/C15H32P/c1-8-9-16(10-13(2)3,11-14(4)5)12-15(6)7/h8,13-15H,1,9-12H2,2-7H3/q+1. The van der Waals surface area contributed by atoms with Gasteiger partial charge in [0, 0.05) is 7.26 Å². The lowest BCUT2D eigenvalue weighted by molar-refractivity contribution is 0.685. The van der Waals surface area contributed by atoms with E-state index in [0.29, 0.717) is 0 Å². The van der Waals surface area contributed by atoms with Gasteiger partial charge in [0.15, 0.2) is 0 Å². The Morgan fingerprint density at radius 2 is 1.12 bits per heavy atom. The van der Waals surface area contributed by atoms with Crippen molar-refractivity contribution < 1.29 is 0 Å². The molecule has 16 heavy (non-hydrogen) atoms. The Hall–Kier alpha value is 0.170. The van der Waals surface area contributed by atoms with Crippen molar-refractivity contribution in [2.45, 2.75) is 41.5 Å². The maximum atomic E-state index is 4.00. The third-order valence-electron chi connectivity index (χ3n) is 2.77. The summed E-state index contributed by atoms with van der Waals surface area (Å²) < 4.78 is 0. The summed E-state index contributed by atoms with van der Waals surface area (Å²) in [7, 11) is -0.783. The third kappa shape index (κ3) is 6.69. The third-order valence-corrected chi connectivity index (χ3v) is 8.32. The molecule has 0 aliphatic heterocycles. The highest BCUT2D eigenvalue weighted by Crippen LogP contribution is 2.62. The monoisotopic (exact) mass is 243 g/mol. The molecule has 0 rings (SSSR count). The molecule has 0 aromatic carbocycles. The Kier molecular flexibility index (Phi) is 7.57. The molecule has 0 fully saturated rings. The molecule has 0 spiro atoms. The lowest BCUT2D eigenvalue weighted by Gasteiger charge is -2.31. The zero-order valence-corrected chi connectivity index (χ0v) is 13.2. The quantitative estimate of drug-likeness (QED) is 0.408. The normalized spacial score (nSPS) is 12.8. The zero-order chi connectivity index (χ0) is 12.8. The molecule has 0 atom stereocenters. The fourth-order valence-electron chi connectivity index (χ4n) is 3.04. The van der Waals surface area contributed by atoms with E-state index in [1.165, 1.54) is 24.6 Å². The number of rotatable bonds is 8. The van der Waals surface area contributed by atoms with Crippen LogP contribution >= 0.6 is 7.26 Å². The van der Waals surface area contributed by atoms with E-state index in [2.05, 4.69) is 54.2 Å². The van der Waals surface area contributed by atoms with Crippen LogP contribution in [0.15, 0.2) is 12.7 Å². The van der Waals surface area contributed by atoms with Crippen LogP contribution in [0.25, 0.3) is 0 Å². The Morgan fingerprint density at radius 1 is 0.812 bits per heavy atom. The van der Waals surface area contributed by atoms with Gasteiger partial charge in [0.2, 0.25) is 0 Å². The molecule has 0 bridgehead atoms. The number of hydrogen-bond acceptors (Lipinski definition) is 0. The average Bonchev–Trinajstić information content (AvgIpc) is 1.98. The van der Waals surface area contributed by atoms with E-state index in [4.69, 9.17) is 0 Å². The predicted octanol–water partition coefficient (Wildman–Crippen LogP) is 5.16. The van der Waals surface area contributed by atoms with Gasteiger partial charge in [-0.3, -0.25) is 0 Å². The highest BCUT2D eigenvalue weighted by atomic mass is 31.2.